The first kappa shape index (κ1) is 16.5. The van der Waals surface area contributed by atoms with Crippen LogP contribution in [0.3, 0.4) is 0 Å². The van der Waals surface area contributed by atoms with Crippen LogP contribution in [0.4, 0.5) is 18.9 Å². The smallest absolute Gasteiger partial charge is 0.378 e. The summed E-state index contributed by atoms with van der Waals surface area (Å²) >= 11 is 0. The van der Waals surface area contributed by atoms with Gasteiger partial charge in [-0.1, -0.05) is 37.3 Å². The molecule has 0 saturated carbocycles. The van der Waals surface area contributed by atoms with Crippen molar-refractivity contribution in [1.82, 2.24) is 0 Å². The Balaban J connectivity index is 1.77. The lowest BCUT2D eigenvalue weighted by atomic mass is 9.80. The molecular weight excluding hydrogens is 327 g/mol. The summed E-state index contributed by atoms with van der Waals surface area (Å²) < 4.78 is 45.5. The molecule has 132 valence electrons. The maximum Gasteiger partial charge on any atom is 0.416 e. The quantitative estimate of drug-likeness (QED) is 0.749. The highest BCUT2D eigenvalue weighted by Crippen LogP contribution is 2.52. The van der Waals surface area contributed by atoms with E-state index in [1.807, 2.05) is 18.2 Å². The summed E-state index contributed by atoms with van der Waals surface area (Å²) in [6, 6.07) is 14.0. The first-order chi connectivity index (χ1) is 12.0. The molecule has 0 aromatic heterocycles. The molecule has 2 heterocycles. The number of rotatable bonds is 2. The zero-order chi connectivity index (χ0) is 17.6. The van der Waals surface area contributed by atoms with Gasteiger partial charge in [0.15, 0.2) is 0 Å². The molecule has 2 aromatic carbocycles. The Bertz CT molecular complexity index is 759. The number of benzene rings is 2. The Morgan fingerprint density at radius 3 is 2.56 bits per heavy atom. The highest BCUT2D eigenvalue weighted by Gasteiger charge is 2.45. The fourth-order valence-corrected chi connectivity index (χ4v) is 4.04. The van der Waals surface area contributed by atoms with Crippen molar-refractivity contribution in [3.8, 4) is 0 Å². The van der Waals surface area contributed by atoms with Crippen LogP contribution in [0.15, 0.2) is 48.5 Å². The normalized spacial score (nSPS) is 28.2. The fraction of sp³-hybridized carbons (Fsp3) is 0.400. The Hall–Kier alpha value is -2.01. The molecule has 2 aliphatic rings. The molecule has 0 radical (unpaired) electrons. The van der Waals surface area contributed by atoms with E-state index >= 15 is 0 Å². The van der Waals surface area contributed by atoms with Crippen molar-refractivity contribution in [3.05, 3.63) is 65.2 Å². The number of alkyl halides is 3. The van der Waals surface area contributed by atoms with Crippen molar-refractivity contribution in [1.29, 1.82) is 0 Å². The van der Waals surface area contributed by atoms with Gasteiger partial charge in [-0.3, -0.25) is 0 Å². The standard InChI is InChI=1S/C20H20F3NO/c1-2-14-11-16-18(12-6-4-3-5-7-12)24-17-9-8-13(20(21,22)23)10-15(17)19(16)25-14/h3-10,14,16,18-19,24H,2,11H2,1H3. The Morgan fingerprint density at radius 1 is 1.12 bits per heavy atom. The first-order valence-corrected chi connectivity index (χ1v) is 8.65. The second-order valence-electron chi connectivity index (χ2n) is 6.82. The Labute approximate surface area is 145 Å². The summed E-state index contributed by atoms with van der Waals surface area (Å²) in [5, 5.41) is 3.46. The average Bonchev–Trinajstić information content (AvgIpc) is 3.05. The molecule has 2 aliphatic heterocycles. The van der Waals surface area contributed by atoms with E-state index in [4.69, 9.17) is 4.74 Å². The van der Waals surface area contributed by atoms with Crippen LogP contribution < -0.4 is 5.32 Å². The zero-order valence-electron chi connectivity index (χ0n) is 13.9. The van der Waals surface area contributed by atoms with E-state index in [9.17, 15) is 13.2 Å². The van der Waals surface area contributed by atoms with Gasteiger partial charge >= 0.3 is 6.18 Å². The van der Waals surface area contributed by atoms with Crippen LogP contribution >= 0.6 is 0 Å². The second kappa shape index (κ2) is 6.06. The van der Waals surface area contributed by atoms with Crippen LogP contribution in [-0.2, 0) is 10.9 Å². The van der Waals surface area contributed by atoms with Crippen molar-refractivity contribution in [2.75, 3.05) is 5.32 Å². The molecule has 4 atom stereocenters. The van der Waals surface area contributed by atoms with Gasteiger partial charge < -0.3 is 10.1 Å². The fourth-order valence-electron chi connectivity index (χ4n) is 4.04. The number of ether oxygens (including phenoxy) is 1. The van der Waals surface area contributed by atoms with Crippen molar-refractivity contribution in [2.24, 2.45) is 5.92 Å². The molecule has 0 spiro atoms. The topological polar surface area (TPSA) is 21.3 Å². The van der Waals surface area contributed by atoms with Gasteiger partial charge in [0.05, 0.1) is 23.8 Å². The molecule has 0 amide bonds. The van der Waals surface area contributed by atoms with E-state index in [0.29, 0.717) is 5.56 Å². The summed E-state index contributed by atoms with van der Waals surface area (Å²) in [5.41, 5.74) is 1.89. The van der Waals surface area contributed by atoms with Crippen LogP contribution in [0.1, 0.15) is 48.6 Å². The number of anilines is 1. The number of hydrogen-bond acceptors (Lipinski definition) is 2. The van der Waals surface area contributed by atoms with E-state index < -0.39 is 11.7 Å². The third-order valence-corrected chi connectivity index (χ3v) is 5.30. The van der Waals surface area contributed by atoms with Gasteiger partial charge in [0.25, 0.3) is 0 Å². The minimum atomic E-state index is -4.34. The molecule has 1 fully saturated rings. The van der Waals surface area contributed by atoms with E-state index in [1.54, 1.807) is 0 Å². The third kappa shape index (κ3) is 2.91. The van der Waals surface area contributed by atoms with E-state index in [-0.39, 0.29) is 24.2 Å². The predicted molar refractivity (Wildman–Crippen MR) is 90.3 cm³/mol. The third-order valence-electron chi connectivity index (χ3n) is 5.30. The van der Waals surface area contributed by atoms with Gasteiger partial charge in [0.2, 0.25) is 0 Å². The Kier molecular flexibility index (Phi) is 3.99. The molecule has 4 rings (SSSR count). The summed E-state index contributed by atoms with van der Waals surface area (Å²) in [4.78, 5) is 0. The average molecular weight is 347 g/mol. The lowest BCUT2D eigenvalue weighted by Crippen LogP contribution is -2.29. The second-order valence-corrected chi connectivity index (χ2v) is 6.82. The lowest BCUT2D eigenvalue weighted by molar-refractivity contribution is -0.137. The highest BCUT2D eigenvalue weighted by molar-refractivity contribution is 5.59. The van der Waals surface area contributed by atoms with Crippen LogP contribution in [0.25, 0.3) is 0 Å². The van der Waals surface area contributed by atoms with Crippen LogP contribution in [-0.4, -0.2) is 6.10 Å². The number of nitrogens with one attached hydrogen (secondary N) is 1. The van der Waals surface area contributed by atoms with Gasteiger partial charge in [-0.15, -0.1) is 0 Å². The first-order valence-electron chi connectivity index (χ1n) is 8.65. The molecule has 0 bridgehead atoms. The molecule has 0 aliphatic carbocycles. The van der Waals surface area contributed by atoms with Crippen molar-refractivity contribution >= 4 is 5.69 Å². The molecule has 1 N–H and O–H groups in total. The molecule has 1 saturated heterocycles. The largest absolute Gasteiger partial charge is 0.416 e. The summed E-state index contributed by atoms with van der Waals surface area (Å²) in [5.74, 6) is 0.128. The van der Waals surface area contributed by atoms with Gasteiger partial charge in [-0.25, -0.2) is 0 Å². The van der Waals surface area contributed by atoms with Crippen molar-refractivity contribution < 1.29 is 17.9 Å². The van der Waals surface area contributed by atoms with E-state index in [0.717, 1.165) is 30.2 Å². The number of hydrogen-bond donors (Lipinski definition) is 1. The summed E-state index contributed by atoms with van der Waals surface area (Å²) in [6.45, 7) is 2.06. The van der Waals surface area contributed by atoms with Crippen LogP contribution in [0.2, 0.25) is 0 Å². The van der Waals surface area contributed by atoms with Crippen LogP contribution in [0.5, 0.6) is 0 Å². The summed E-state index contributed by atoms with van der Waals surface area (Å²) in [6.07, 6.45) is -2.84. The molecular formula is C20H20F3NO. The van der Waals surface area contributed by atoms with Crippen molar-refractivity contribution in [3.63, 3.8) is 0 Å². The van der Waals surface area contributed by atoms with Gasteiger partial charge in [-0.2, -0.15) is 13.2 Å². The zero-order valence-corrected chi connectivity index (χ0v) is 13.9. The molecule has 2 aromatic rings. The molecule has 2 nitrogen and oxygen atoms in total. The van der Waals surface area contributed by atoms with E-state index in [2.05, 4.69) is 24.4 Å². The monoisotopic (exact) mass is 347 g/mol. The highest BCUT2D eigenvalue weighted by atomic mass is 19.4. The summed E-state index contributed by atoms with van der Waals surface area (Å²) in [7, 11) is 0. The maximum atomic E-state index is 13.1. The van der Waals surface area contributed by atoms with Gasteiger partial charge in [-0.05, 0) is 36.6 Å². The maximum absolute atomic E-state index is 13.1. The lowest BCUT2D eigenvalue weighted by Gasteiger charge is -2.36. The minimum Gasteiger partial charge on any atom is -0.378 e. The minimum absolute atomic E-state index is 0.0481. The van der Waals surface area contributed by atoms with Gasteiger partial charge in [0, 0.05) is 17.2 Å². The van der Waals surface area contributed by atoms with Crippen molar-refractivity contribution in [2.45, 2.75) is 44.2 Å². The Morgan fingerprint density at radius 2 is 1.88 bits per heavy atom. The van der Waals surface area contributed by atoms with E-state index in [1.165, 1.54) is 12.1 Å². The van der Waals surface area contributed by atoms with Gasteiger partial charge in [0.1, 0.15) is 0 Å². The number of halogens is 3. The van der Waals surface area contributed by atoms with Crippen LogP contribution in [0, 0.1) is 5.92 Å². The predicted octanol–water partition coefficient (Wildman–Crippen LogP) is 5.73. The molecule has 5 heteroatoms. The molecule has 25 heavy (non-hydrogen) atoms. The number of fused-ring (bicyclic) bond motifs is 3. The molecule has 4 unspecified atom stereocenters. The SMILES string of the molecule is CCC1CC2C(c3ccccc3)Nc3ccc(C(F)(F)F)cc3C2O1.